The predicted molar refractivity (Wildman–Crippen MR) is 101 cm³/mol. The zero-order valence-electron chi connectivity index (χ0n) is 15.0. The number of hydrogen-bond donors (Lipinski definition) is 2. The zero-order chi connectivity index (χ0) is 20.1. The SMILES string of the molecule is O=C(O)C1CCCCC1C(=O)Nc1ccc(Oc2ccc([N+](=O)[O-])cc2)cc1. The summed E-state index contributed by atoms with van der Waals surface area (Å²) in [6.45, 7) is 0. The first-order valence-electron chi connectivity index (χ1n) is 9.00. The Hall–Kier alpha value is -3.42. The van der Waals surface area contributed by atoms with Crippen LogP contribution >= 0.6 is 0 Å². The van der Waals surface area contributed by atoms with Crippen molar-refractivity contribution in [2.24, 2.45) is 11.8 Å². The van der Waals surface area contributed by atoms with Crippen LogP contribution < -0.4 is 10.1 Å². The van der Waals surface area contributed by atoms with Crippen LogP contribution in [-0.2, 0) is 9.59 Å². The molecule has 1 aliphatic rings. The van der Waals surface area contributed by atoms with Crippen LogP contribution in [0.15, 0.2) is 48.5 Å². The van der Waals surface area contributed by atoms with Gasteiger partial charge in [0.15, 0.2) is 0 Å². The van der Waals surface area contributed by atoms with Crippen molar-refractivity contribution >= 4 is 23.3 Å². The van der Waals surface area contributed by atoms with Crippen LogP contribution in [0.25, 0.3) is 0 Å². The smallest absolute Gasteiger partial charge is 0.307 e. The number of carboxylic acids is 1. The molecule has 1 fully saturated rings. The molecule has 8 nitrogen and oxygen atoms in total. The molecule has 0 spiro atoms. The maximum absolute atomic E-state index is 12.5. The molecule has 146 valence electrons. The summed E-state index contributed by atoms with van der Waals surface area (Å²) in [5, 5.41) is 22.8. The van der Waals surface area contributed by atoms with Crippen molar-refractivity contribution in [3.8, 4) is 11.5 Å². The topological polar surface area (TPSA) is 119 Å². The minimum Gasteiger partial charge on any atom is -0.481 e. The number of nitro benzene ring substituents is 1. The molecule has 0 radical (unpaired) electrons. The largest absolute Gasteiger partial charge is 0.481 e. The normalized spacial score (nSPS) is 18.9. The summed E-state index contributed by atoms with van der Waals surface area (Å²) in [6, 6.07) is 12.4. The third-order valence-corrected chi connectivity index (χ3v) is 4.83. The summed E-state index contributed by atoms with van der Waals surface area (Å²) < 4.78 is 5.62. The molecule has 0 saturated heterocycles. The molecular formula is C20H20N2O6. The lowest BCUT2D eigenvalue weighted by Crippen LogP contribution is -2.36. The fourth-order valence-corrected chi connectivity index (χ4v) is 3.35. The molecule has 2 N–H and O–H groups in total. The Morgan fingerprint density at radius 3 is 2.04 bits per heavy atom. The molecule has 0 heterocycles. The van der Waals surface area contributed by atoms with Crippen molar-refractivity contribution < 1.29 is 24.4 Å². The van der Waals surface area contributed by atoms with Crippen LogP contribution in [0.1, 0.15) is 25.7 Å². The van der Waals surface area contributed by atoms with Gasteiger partial charge < -0.3 is 15.2 Å². The van der Waals surface area contributed by atoms with Gasteiger partial charge in [-0.2, -0.15) is 0 Å². The highest BCUT2D eigenvalue weighted by Crippen LogP contribution is 2.31. The summed E-state index contributed by atoms with van der Waals surface area (Å²) in [5.74, 6) is -1.41. The number of benzene rings is 2. The van der Waals surface area contributed by atoms with Crippen molar-refractivity contribution in [3.63, 3.8) is 0 Å². The fourth-order valence-electron chi connectivity index (χ4n) is 3.35. The highest BCUT2D eigenvalue weighted by molar-refractivity contribution is 5.95. The number of hydrogen-bond acceptors (Lipinski definition) is 5. The number of rotatable bonds is 6. The van der Waals surface area contributed by atoms with E-state index in [0.717, 1.165) is 12.8 Å². The van der Waals surface area contributed by atoms with E-state index in [1.54, 1.807) is 24.3 Å². The number of carbonyl (C=O) groups excluding carboxylic acids is 1. The predicted octanol–water partition coefficient (Wildman–Crippen LogP) is 4.22. The van der Waals surface area contributed by atoms with E-state index in [1.807, 2.05) is 0 Å². The van der Waals surface area contributed by atoms with E-state index in [1.165, 1.54) is 24.3 Å². The van der Waals surface area contributed by atoms with Gasteiger partial charge in [0.05, 0.1) is 16.8 Å². The second-order valence-electron chi connectivity index (χ2n) is 6.70. The summed E-state index contributed by atoms with van der Waals surface area (Å²) in [7, 11) is 0. The zero-order valence-corrected chi connectivity index (χ0v) is 15.0. The minimum atomic E-state index is -0.924. The maximum atomic E-state index is 12.5. The molecule has 2 atom stereocenters. The number of nitrogens with one attached hydrogen (secondary N) is 1. The molecule has 0 aliphatic heterocycles. The van der Waals surface area contributed by atoms with Crippen LogP contribution in [0, 0.1) is 22.0 Å². The van der Waals surface area contributed by atoms with Gasteiger partial charge in [-0.05, 0) is 49.2 Å². The van der Waals surface area contributed by atoms with Crippen molar-refractivity contribution in [2.45, 2.75) is 25.7 Å². The fraction of sp³-hybridized carbons (Fsp3) is 0.300. The van der Waals surface area contributed by atoms with E-state index in [2.05, 4.69) is 5.32 Å². The second-order valence-corrected chi connectivity index (χ2v) is 6.70. The van der Waals surface area contributed by atoms with Gasteiger partial charge in [-0.1, -0.05) is 12.8 Å². The van der Waals surface area contributed by atoms with E-state index < -0.39 is 22.7 Å². The van der Waals surface area contributed by atoms with E-state index >= 15 is 0 Å². The van der Waals surface area contributed by atoms with Gasteiger partial charge in [-0.15, -0.1) is 0 Å². The van der Waals surface area contributed by atoms with Gasteiger partial charge in [-0.3, -0.25) is 19.7 Å². The monoisotopic (exact) mass is 384 g/mol. The van der Waals surface area contributed by atoms with Crippen LogP contribution in [0.4, 0.5) is 11.4 Å². The lowest BCUT2D eigenvalue weighted by atomic mass is 9.78. The highest BCUT2D eigenvalue weighted by atomic mass is 16.6. The van der Waals surface area contributed by atoms with Crippen LogP contribution in [0.5, 0.6) is 11.5 Å². The quantitative estimate of drug-likeness (QED) is 0.569. The molecule has 1 amide bonds. The summed E-state index contributed by atoms with van der Waals surface area (Å²) >= 11 is 0. The van der Waals surface area contributed by atoms with Crippen LogP contribution in [-0.4, -0.2) is 21.9 Å². The number of carbonyl (C=O) groups is 2. The van der Waals surface area contributed by atoms with Gasteiger partial charge in [-0.25, -0.2) is 0 Å². The Bertz CT molecular complexity index is 863. The first-order chi connectivity index (χ1) is 13.4. The van der Waals surface area contributed by atoms with Crippen LogP contribution in [0.3, 0.4) is 0 Å². The number of ether oxygens (including phenoxy) is 1. The lowest BCUT2D eigenvalue weighted by molar-refractivity contribution is -0.384. The molecule has 1 saturated carbocycles. The standard InChI is InChI=1S/C20H20N2O6/c23-19(17-3-1-2-4-18(17)20(24)25)21-13-5-9-15(10-6-13)28-16-11-7-14(8-12-16)22(26)27/h5-12,17-18H,1-4H2,(H,21,23)(H,24,25). The number of anilines is 1. The number of aliphatic carboxylic acids is 1. The van der Waals surface area contributed by atoms with Gasteiger partial charge in [0.25, 0.3) is 5.69 Å². The first kappa shape index (κ1) is 19.3. The van der Waals surface area contributed by atoms with Gasteiger partial charge >= 0.3 is 5.97 Å². The average Bonchev–Trinajstić information content (AvgIpc) is 2.70. The van der Waals surface area contributed by atoms with E-state index in [4.69, 9.17) is 4.74 Å². The first-order valence-corrected chi connectivity index (χ1v) is 9.00. The van der Waals surface area contributed by atoms with E-state index in [-0.39, 0.29) is 11.6 Å². The summed E-state index contributed by atoms with van der Waals surface area (Å²) in [6.07, 6.45) is 2.78. The molecule has 8 heteroatoms. The van der Waals surface area contributed by atoms with Crippen LogP contribution in [0.2, 0.25) is 0 Å². The van der Waals surface area contributed by atoms with Crippen molar-refractivity contribution in [3.05, 3.63) is 58.6 Å². The Kier molecular flexibility index (Phi) is 5.88. The minimum absolute atomic E-state index is 0.0206. The molecule has 2 aromatic rings. The van der Waals surface area contributed by atoms with Crippen molar-refractivity contribution in [2.75, 3.05) is 5.32 Å². The summed E-state index contributed by atoms with van der Waals surface area (Å²) in [5.41, 5.74) is 0.531. The molecular weight excluding hydrogens is 364 g/mol. The van der Waals surface area contributed by atoms with Crippen molar-refractivity contribution in [1.82, 2.24) is 0 Å². The Morgan fingerprint density at radius 2 is 1.50 bits per heavy atom. The second kappa shape index (κ2) is 8.51. The van der Waals surface area contributed by atoms with E-state index in [0.29, 0.717) is 30.0 Å². The lowest BCUT2D eigenvalue weighted by Gasteiger charge is -2.27. The number of non-ortho nitro benzene ring substituents is 1. The number of carboxylic acid groups (broad SMARTS) is 1. The van der Waals surface area contributed by atoms with Gasteiger partial charge in [0.2, 0.25) is 5.91 Å². The third-order valence-electron chi connectivity index (χ3n) is 4.83. The molecule has 3 rings (SSSR count). The Balaban J connectivity index is 1.61. The average molecular weight is 384 g/mol. The molecule has 0 aromatic heterocycles. The molecule has 2 unspecified atom stereocenters. The Labute approximate surface area is 161 Å². The number of nitro groups is 1. The number of nitrogens with zero attached hydrogens (tertiary/aromatic N) is 1. The summed E-state index contributed by atoms with van der Waals surface area (Å²) in [4.78, 5) is 34.0. The molecule has 28 heavy (non-hydrogen) atoms. The molecule has 1 aliphatic carbocycles. The van der Waals surface area contributed by atoms with Gasteiger partial charge in [0, 0.05) is 17.8 Å². The van der Waals surface area contributed by atoms with E-state index in [9.17, 15) is 24.8 Å². The maximum Gasteiger partial charge on any atom is 0.307 e. The number of amides is 1. The van der Waals surface area contributed by atoms with Crippen molar-refractivity contribution in [1.29, 1.82) is 0 Å². The van der Waals surface area contributed by atoms with Gasteiger partial charge in [0.1, 0.15) is 11.5 Å². The Morgan fingerprint density at radius 1 is 0.964 bits per heavy atom. The highest BCUT2D eigenvalue weighted by Gasteiger charge is 2.35. The molecule has 2 aromatic carbocycles. The third kappa shape index (κ3) is 4.64. The molecule has 0 bridgehead atoms.